The Morgan fingerprint density at radius 2 is 2.03 bits per heavy atom. The maximum atomic E-state index is 12.8. The van der Waals surface area contributed by atoms with Gasteiger partial charge in [0.2, 0.25) is 0 Å². The van der Waals surface area contributed by atoms with Crippen LogP contribution in [0.5, 0.6) is 5.75 Å². The molecule has 0 radical (unpaired) electrons. The molecule has 0 amide bonds. The summed E-state index contributed by atoms with van der Waals surface area (Å²) in [4.78, 5) is 16.8. The molecule has 3 rings (SSSR count). The second-order valence-corrected chi connectivity index (χ2v) is 7.97. The summed E-state index contributed by atoms with van der Waals surface area (Å²) < 4.78 is 44.4. The van der Waals surface area contributed by atoms with Gasteiger partial charge in [-0.3, -0.25) is 9.78 Å². The SMILES string of the molecule is Cc1cccc(C(=O)Cc2cc(C(C)Sc3nncn3C)ccc2OC(F)(F)F)n1. The van der Waals surface area contributed by atoms with E-state index < -0.39 is 17.9 Å². The fourth-order valence-electron chi connectivity index (χ4n) is 2.78. The third-order valence-electron chi connectivity index (χ3n) is 4.26. The van der Waals surface area contributed by atoms with E-state index in [1.165, 1.54) is 23.9 Å². The number of ether oxygens (including phenoxy) is 1. The van der Waals surface area contributed by atoms with Gasteiger partial charge in [0.1, 0.15) is 17.8 Å². The largest absolute Gasteiger partial charge is 0.573 e. The van der Waals surface area contributed by atoms with Crippen molar-refractivity contribution in [2.24, 2.45) is 7.05 Å². The second-order valence-electron chi connectivity index (χ2n) is 6.66. The molecule has 30 heavy (non-hydrogen) atoms. The van der Waals surface area contributed by atoms with E-state index in [0.717, 1.165) is 5.56 Å². The highest BCUT2D eigenvalue weighted by atomic mass is 32.2. The number of nitrogens with zero attached hydrogens (tertiary/aromatic N) is 4. The predicted octanol–water partition coefficient (Wildman–Crippen LogP) is 4.70. The Kier molecular flexibility index (Phi) is 6.45. The molecule has 1 aromatic carbocycles. The number of hydrogen-bond donors (Lipinski definition) is 0. The summed E-state index contributed by atoms with van der Waals surface area (Å²) >= 11 is 1.40. The molecular formula is C20H19F3N4O2S. The number of ketones is 1. The number of hydrogen-bond acceptors (Lipinski definition) is 6. The zero-order valence-electron chi connectivity index (χ0n) is 16.5. The molecular weight excluding hydrogens is 417 g/mol. The lowest BCUT2D eigenvalue weighted by molar-refractivity contribution is -0.274. The number of aromatic nitrogens is 4. The lowest BCUT2D eigenvalue weighted by Crippen LogP contribution is -2.19. The van der Waals surface area contributed by atoms with Crippen molar-refractivity contribution in [1.82, 2.24) is 19.7 Å². The fourth-order valence-corrected chi connectivity index (χ4v) is 3.69. The normalized spacial score (nSPS) is 12.6. The Morgan fingerprint density at radius 3 is 2.67 bits per heavy atom. The zero-order chi connectivity index (χ0) is 21.9. The van der Waals surface area contributed by atoms with Crippen molar-refractivity contribution in [3.05, 3.63) is 65.2 Å². The Labute approximate surface area is 175 Å². The van der Waals surface area contributed by atoms with Gasteiger partial charge in [-0.1, -0.05) is 30.0 Å². The molecule has 6 nitrogen and oxygen atoms in total. The maximum Gasteiger partial charge on any atom is 0.573 e. The van der Waals surface area contributed by atoms with Crippen LogP contribution in [0.1, 0.15) is 39.5 Å². The number of alkyl halides is 3. The van der Waals surface area contributed by atoms with E-state index in [4.69, 9.17) is 0 Å². The summed E-state index contributed by atoms with van der Waals surface area (Å²) in [5, 5.41) is 8.35. The first kappa shape index (κ1) is 21.8. The third kappa shape index (κ3) is 5.59. The van der Waals surface area contributed by atoms with E-state index in [1.54, 1.807) is 49.1 Å². The van der Waals surface area contributed by atoms with Gasteiger partial charge in [0, 0.05) is 30.0 Å². The zero-order valence-corrected chi connectivity index (χ0v) is 17.3. The molecule has 2 aromatic heterocycles. The average Bonchev–Trinajstić information content (AvgIpc) is 3.06. The molecule has 10 heteroatoms. The highest BCUT2D eigenvalue weighted by Crippen LogP contribution is 2.36. The smallest absolute Gasteiger partial charge is 0.405 e. The highest BCUT2D eigenvalue weighted by Gasteiger charge is 2.32. The summed E-state index contributed by atoms with van der Waals surface area (Å²) in [6.07, 6.45) is -3.56. The number of carbonyl (C=O) groups excluding carboxylic acids is 1. The first-order chi connectivity index (χ1) is 14.1. The molecule has 0 spiro atoms. The molecule has 0 fully saturated rings. The quantitative estimate of drug-likeness (QED) is 0.395. The Bertz CT molecular complexity index is 1050. The van der Waals surface area contributed by atoms with Gasteiger partial charge >= 0.3 is 6.36 Å². The Hall–Kier alpha value is -2.88. The standard InChI is InChI=1S/C20H19F3N4O2S/c1-12-5-4-6-16(25-12)17(28)10-15-9-14(7-8-18(15)29-20(21,22)23)13(2)30-19-26-24-11-27(19)3/h4-9,11,13H,10H2,1-3H3. The third-order valence-corrected chi connectivity index (χ3v) is 5.46. The molecule has 158 valence electrons. The number of Topliss-reactive ketones (excluding diaryl/α,β-unsaturated/α-hetero) is 1. The minimum atomic E-state index is -4.86. The van der Waals surface area contributed by atoms with Crippen LogP contribution in [-0.4, -0.2) is 31.9 Å². The number of aryl methyl sites for hydroxylation is 2. The van der Waals surface area contributed by atoms with Crippen molar-refractivity contribution < 1.29 is 22.7 Å². The first-order valence-corrected chi connectivity index (χ1v) is 9.86. The van der Waals surface area contributed by atoms with E-state index >= 15 is 0 Å². The number of rotatable bonds is 7. The molecule has 0 aliphatic heterocycles. The van der Waals surface area contributed by atoms with Crippen LogP contribution in [0.4, 0.5) is 13.2 Å². The Balaban J connectivity index is 1.90. The topological polar surface area (TPSA) is 69.9 Å². The predicted molar refractivity (Wildman–Crippen MR) is 105 cm³/mol. The van der Waals surface area contributed by atoms with Crippen molar-refractivity contribution in [2.75, 3.05) is 0 Å². The van der Waals surface area contributed by atoms with Crippen LogP contribution in [-0.2, 0) is 13.5 Å². The van der Waals surface area contributed by atoms with Crippen molar-refractivity contribution >= 4 is 17.5 Å². The summed E-state index contributed by atoms with van der Waals surface area (Å²) in [6.45, 7) is 3.63. The number of pyridine rings is 1. The minimum absolute atomic E-state index is 0.140. The Morgan fingerprint density at radius 1 is 1.27 bits per heavy atom. The van der Waals surface area contributed by atoms with Crippen LogP contribution in [0, 0.1) is 6.92 Å². The monoisotopic (exact) mass is 436 g/mol. The number of carbonyl (C=O) groups is 1. The number of thioether (sulfide) groups is 1. The van der Waals surface area contributed by atoms with Crippen molar-refractivity contribution in [2.45, 2.75) is 37.0 Å². The number of benzene rings is 1. The van der Waals surface area contributed by atoms with Gasteiger partial charge in [0.15, 0.2) is 10.9 Å². The second kappa shape index (κ2) is 8.86. The highest BCUT2D eigenvalue weighted by molar-refractivity contribution is 7.99. The van der Waals surface area contributed by atoms with Crippen LogP contribution in [0.2, 0.25) is 0 Å². The molecule has 0 N–H and O–H groups in total. The number of halogens is 3. The average molecular weight is 436 g/mol. The van der Waals surface area contributed by atoms with Gasteiger partial charge in [-0.25, -0.2) is 0 Å². The summed E-state index contributed by atoms with van der Waals surface area (Å²) in [7, 11) is 1.80. The molecule has 0 aliphatic rings. The van der Waals surface area contributed by atoms with Crippen molar-refractivity contribution in [3.8, 4) is 5.75 Å². The van der Waals surface area contributed by atoms with E-state index in [9.17, 15) is 18.0 Å². The summed E-state index contributed by atoms with van der Waals surface area (Å²) in [5.74, 6) is -0.792. The van der Waals surface area contributed by atoms with E-state index in [0.29, 0.717) is 10.9 Å². The van der Waals surface area contributed by atoms with E-state index in [-0.39, 0.29) is 22.9 Å². The van der Waals surface area contributed by atoms with Gasteiger partial charge in [-0.15, -0.1) is 23.4 Å². The molecule has 0 saturated carbocycles. The van der Waals surface area contributed by atoms with Crippen LogP contribution >= 0.6 is 11.8 Å². The molecule has 0 bridgehead atoms. The van der Waals surface area contributed by atoms with E-state index in [1.807, 2.05) is 6.92 Å². The fraction of sp³-hybridized carbons (Fsp3) is 0.300. The van der Waals surface area contributed by atoms with Gasteiger partial charge in [0.05, 0.1) is 0 Å². The van der Waals surface area contributed by atoms with E-state index in [2.05, 4.69) is 19.9 Å². The van der Waals surface area contributed by atoms with Crippen LogP contribution in [0.15, 0.2) is 47.9 Å². The molecule has 0 saturated heterocycles. The minimum Gasteiger partial charge on any atom is -0.405 e. The summed E-state index contributed by atoms with van der Waals surface area (Å²) in [5.41, 5.74) is 1.72. The lowest BCUT2D eigenvalue weighted by atomic mass is 10.0. The van der Waals surface area contributed by atoms with Gasteiger partial charge < -0.3 is 9.30 Å². The van der Waals surface area contributed by atoms with Crippen LogP contribution in [0.25, 0.3) is 0 Å². The molecule has 2 heterocycles. The van der Waals surface area contributed by atoms with Gasteiger partial charge in [-0.2, -0.15) is 0 Å². The molecule has 0 aliphatic carbocycles. The van der Waals surface area contributed by atoms with Crippen LogP contribution < -0.4 is 4.74 Å². The first-order valence-electron chi connectivity index (χ1n) is 8.98. The maximum absolute atomic E-state index is 12.8. The molecule has 1 unspecified atom stereocenters. The molecule has 3 aromatic rings. The molecule has 1 atom stereocenters. The van der Waals surface area contributed by atoms with Gasteiger partial charge in [-0.05, 0) is 37.6 Å². The van der Waals surface area contributed by atoms with Crippen molar-refractivity contribution in [1.29, 1.82) is 0 Å². The summed E-state index contributed by atoms with van der Waals surface area (Å²) in [6, 6.07) is 9.30. The lowest BCUT2D eigenvalue weighted by Gasteiger charge is -2.17. The van der Waals surface area contributed by atoms with Gasteiger partial charge in [0.25, 0.3) is 0 Å². The van der Waals surface area contributed by atoms with Crippen molar-refractivity contribution in [3.63, 3.8) is 0 Å². The van der Waals surface area contributed by atoms with Crippen LogP contribution in [0.3, 0.4) is 0 Å².